The zero-order valence-corrected chi connectivity index (χ0v) is 13.1. The van der Waals surface area contributed by atoms with Gasteiger partial charge in [-0.05, 0) is 17.7 Å². The van der Waals surface area contributed by atoms with Gasteiger partial charge in [-0.1, -0.05) is 6.07 Å². The number of fused-ring (bicyclic) bond motifs is 1. The predicted molar refractivity (Wildman–Crippen MR) is 89.3 cm³/mol. The third-order valence-electron chi connectivity index (χ3n) is 4.19. The third kappa shape index (κ3) is 2.80. The van der Waals surface area contributed by atoms with Crippen molar-refractivity contribution in [3.8, 4) is 11.5 Å². The number of nitrogens with one attached hydrogen (secondary N) is 3. The molecule has 2 aromatic heterocycles. The van der Waals surface area contributed by atoms with Gasteiger partial charge in [0.25, 0.3) is 0 Å². The van der Waals surface area contributed by atoms with Gasteiger partial charge in [-0.2, -0.15) is 5.10 Å². The molecule has 1 aliphatic rings. The molecule has 3 aromatic rings. The Hall–Kier alpha value is -2.38. The second kappa shape index (κ2) is 6.02. The first-order valence-electron chi connectivity index (χ1n) is 7.84. The highest BCUT2D eigenvalue weighted by Crippen LogP contribution is 2.25. The molecule has 0 bridgehead atoms. The number of benzene rings is 1. The van der Waals surface area contributed by atoms with E-state index in [0.29, 0.717) is 0 Å². The summed E-state index contributed by atoms with van der Waals surface area (Å²) >= 11 is 0. The van der Waals surface area contributed by atoms with Gasteiger partial charge in [-0.15, -0.1) is 0 Å². The summed E-state index contributed by atoms with van der Waals surface area (Å²) in [5, 5.41) is 10.2. The molecule has 3 N–H and O–H groups in total. The minimum Gasteiger partial charge on any atom is -0.385 e. The van der Waals surface area contributed by atoms with Crippen LogP contribution in [-0.2, 0) is 11.3 Å². The fourth-order valence-corrected chi connectivity index (χ4v) is 2.94. The maximum Gasteiger partial charge on any atom is 0.161 e. The van der Waals surface area contributed by atoms with Crippen LogP contribution < -0.4 is 5.32 Å². The van der Waals surface area contributed by atoms with E-state index in [-0.39, 0.29) is 0 Å². The summed E-state index contributed by atoms with van der Waals surface area (Å²) < 4.78 is 5.40. The number of aromatic nitrogens is 4. The highest BCUT2D eigenvalue weighted by molar-refractivity contribution is 5.81. The van der Waals surface area contributed by atoms with Crippen molar-refractivity contribution in [1.29, 1.82) is 0 Å². The lowest BCUT2D eigenvalue weighted by Gasteiger charge is -2.26. The summed E-state index contributed by atoms with van der Waals surface area (Å²) in [6, 6.07) is 6.40. The van der Waals surface area contributed by atoms with Crippen molar-refractivity contribution < 1.29 is 4.74 Å². The molecule has 1 saturated heterocycles. The van der Waals surface area contributed by atoms with Crippen molar-refractivity contribution in [3.05, 3.63) is 30.0 Å². The molecule has 7 nitrogen and oxygen atoms in total. The number of nitrogens with zero attached hydrogens (tertiary/aromatic N) is 3. The van der Waals surface area contributed by atoms with Gasteiger partial charge in [0.15, 0.2) is 11.5 Å². The molecule has 0 amide bonds. The molecule has 0 saturated carbocycles. The number of ether oxygens (including phenoxy) is 1. The lowest BCUT2D eigenvalue weighted by atomic mass is 10.2. The van der Waals surface area contributed by atoms with Gasteiger partial charge in [0.2, 0.25) is 0 Å². The molecule has 120 valence electrons. The van der Waals surface area contributed by atoms with Gasteiger partial charge < -0.3 is 15.0 Å². The van der Waals surface area contributed by atoms with Crippen molar-refractivity contribution >= 4 is 16.7 Å². The van der Waals surface area contributed by atoms with Crippen molar-refractivity contribution in [2.75, 3.05) is 38.7 Å². The van der Waals surface area contributed by atoms with Crippen molar-refractivity contribution in [2.45, 2.75) is 6.54 Å². The van der Waals surface area contributed by atoms with Crippen LogP contribution in [0.2, 0.25) is 0 Å². The number of anilines is 1. The highest BCUT2D eigenvalue weighted by atomic mass is 16.5. The number of imidazole rings is 1. The topological polar surface area (TPSA) is 81.9 Å². The normalized spacial score (nSPS) is 16.0. The van der Waals surface area contributed by atoms with Crippen LogP contribution in [0.1, 0.15) is 5.56 Å². The minimum atomic E-state index is 0.772. The van der Waals surface area contributed by atoms with Gasteiger partial charge >= 0.3 is 0 Å². The van der Waals surface area contributed by atoms with E-state index in [4.69, 9.17) is 9.72 Å². The van der Waals surface area contributed by atoms with E-state index in [1.807, 2.05) is 13.2 Å². The first-order valence-corrected chi connectivity index (χ1v) is 7.84. The number of aromatic amines is 2. The molecule has 4 rings (SSSR count). The molecule has 0 unspecified atom stereocenters. The van der Waals surface area contributed by atoms with Gasteiger partial charge in [0, 0.05) is 32.9 Å². The molecule has 0 radical (unpaired) electrons. The maximum atomic E-state index is 5.40. The van der Waals surface area contributed by atoms with Crippen LogP contribution in [0.25, 0.3) is 22.6 Å². The number of morpholine rings is 1. The summed E-state index contributed by atoms with van der Waals surface area (Å²) in [7, 11) is 1.87. The van der Waals surface area contributed by atoms with Gasteiger partial charge in [0.1, 0.15) is 0 Å². The monoisotopic (exact) mass is 312 g/mol. The van der Waals surface area contributed by atoms with E-state index >= 15 is 0 Å². The van der Waals surface area contributed by atoms with E-state index in [9.17, 15) is 0 Å². The molecule has 0 atom stereocenters. The Labute approximate surface area is 134 Å². The fraction of sp³-hybridized carbons (Fsp3) is 0.375. The highest BCUT2D eigenvalue weighted by Gasteiger charge is 2.14. The van der Waals surface area contributed by atoms with Crippen molar-refractivity contribution in [2.24, 2.45) is 0 Å². The maximum absolute atomic E-state index is 5.40. The van der Waals surface area contributed by atoms with Gasteiger partial charge in [0.05, 0.1) is 29.9 Å². The molecule has 1 aromatic carbocycles. The zero-order valence-electron chi connectivity index (χ0n) is 13.1. The van der Waals surface area contributed by atoms with Crippen LogP contribution in [0, 0.1) is 0 Å². The number of rotatable bonds is 4. The van der Waals surface area contributed by atoms with Gasteiger partial charge in [-0.25, -0.2) is 4.98 Å². The second-order valence-corrected chi connectivity index (χ2v) is 5.72. The summed E-state index contributed by atoms with van der Waals surface area (Å²) in [6.45, 7) is 4.55. The van der Waals surface area contributed by atoms with E-state index in [2.05, 4.69) is 43.6 Å². The fourth-order valence-electron chi connectivity index (χ4n) is 2.94. The van der Waals surface area contributed by atoms with E-state index in [1.165, 1.54) is 5.56 Å². The van der Waals surface area contributed by atoms with Crippen LogP contribution in [0.5, 0.6) is 0 Å². The summed E-state index contributed by atoms with van der Waals surface area (Å²) in [5.41, 5.74) is 5.00. The molecule has 1 fully saturated rings. The Bertz CT molecular complexity index is 802. The van der Waals surface area contributed by atoms with Crippen molar-refractivity contribution in [1.82, 2.24) is 25.1 Å². The molecule has 23 heavy (non-hydrogen) atoms. The van der Waals surface area contributed by atoms with E-state index in [1.54, 1.807) is 0 Å². The smallest absolute Gasteiger partial charge is 0.161 e. The van der Waals surface area contributed by atoms with Crippen LogP contribution in [0.3, 0.4) is 0 Å². The first kappa shape index (κ1) is 14.2. The van der Waals surface area contributed by atoms with Gasteiger partial charge in [-0.3, -0.25) is 10.00 Å². The van der Waals surface area contributed by atoms with Crippen molar-refractivity contribution in [3.63, 3.8) is 0 Å². The summed E-state index contributed by atoms with van der Waals surface area (Å²) in [4.78, 5) is 10.4. The molecule has 1 aliphatic heterocycles. The SMILES string of the molecule is CNc1c[nH]nc1-c1nc2cc(CN3CCOCC3)ccc2[nH]1. The van der Waals surface area contributed by atoms with E-state index < -0.39 is 0 Å². The number of hydrogen-bond donors (Lipinski definition) is 3. The molecule has 7 heteroatoms. The Morgan fingerprint density at radius 2 is 2.17 bits per heavy atom. The molecule has 3 heterocycles. The van der Waals surface area contributed by atoms with Crippen LogP contribution in [0.4, 0.5) is 5.69 Å². The lowest BCUT2D eigenvalue weighted by molar-refractivity contribution is 0.0342. The largest absolute Gasteiger partial charge is 0.385 e. The van der Waals surface area contributed by atoms with Crippen LogP contribution >= 0.6 is 0 Å². The molecule has 0 aliphatic carbocycles. The molecular weight excluding hydrogens is 292 g/mol. The Balaban J connectivity index is 1.61. The van der Waals surface area contributed by atoms with E-state index in [0.717, 1.165) is 61.1 Å². The number of H-pyrrole nitrogens is 2. The Morgan fingerprint density at radius 1 is 1.30 bits per heavy atom. The summed E-state index contributed by atoms with van der Waals surface area (Å²) in [5.74, 6) is 0.772. The standard InChI is InChI=1S/C16H20N6O/c1-17-14-9-18-21-15(14)16-19-12-3-2-11(8-13(12)20-16)10-22-4-6-23-7-5-22/h2-3,8-9,17H,4-7,10H2,1H3,(H,18,21)(H,19,20). The number of hydrogen-bond acceptors (Lipinski definition) is 5. The second-order valence-electron chi connectivity index (χ2n) is 5.72. The Kier molecular flexibility index (Phi) is 3.72. The van der Waals surface area contributed by atoms with Crippen LogP contribution in [-0.4, -0.2) is 58.4 Å². The average Bonchev–Trinajstić information content (AvgIpc) is 3.21. The lowest BCUT2D eigenvalue weighted by Crippen LogP contribution is -2.35. The predicted octanol–water partition coefficient (Wildman–Crippen LogP) is 1.83. The summed E-state index contributed by atoms with van der Waals surface area (Å²) in [6.07, 6.45) is 1.83. The minimum absolute atomic E-state index is 0.772. The average molecular weight is 312 g/mol. The third-order valence-corrected chi connectivity index (χ3v) is 4.19. The van der Waals surface area contributed by atoms with Crippen LogP contribution in [0.15, 0.2) is 24.4 Å². The zero-order chi connectivity index (χ0) is 15.6. The quantitative estimate of drug-likeness (QED) is 0.685. The Morgan fingerprint density at radius 3 is 3.00 bits per heavy atom. The molecular formula is C16H20N6O. The molecule has 0 spiro atoms. The first-order chi connectivity index (χ1) is 11.3.